The third-order valence-electron chi connectivity index (χ3n) is 3.43. The summed E-state index contributed by atoms with van der Waals surface area (Å²) in [6.07, 6.45) is 0. The highest BCUT2D eigenvalue weighted by atomic mass is 35.5. The van der Waals surface area contributed by atoms with Crippen molar-refractivity contribution in [3.05, 3.63) is 40.4 Å². The zero-order valence-electron chi connectivity index (χ0n) is 10.9. The van der Waals surface area contributed by atoms with Gasteiger partial charge in [-0.3, -0.25) is 14.5 Å². The Morgan fingerprint density at radius 2 is 1.90 bits per heavy atom. The predicted octanol–water partition coefficient (Wildman–Crippen LogP) is 2.21. The largest absolute Gasteiger partial charge is 0.351 e. The number of anilines is 1. The Morgan fingerprint density at radius 3 is 2.57 bits per heavy atom. The van der Waals surface area contributed by atoms with Gasteiger partial charge in [0, 0.05) is 23.4 Å². The average molecular weight is 304 g/mol. The molecular weight excluding hydrogens is 294 g/mol. The van der Waals surface area contributed by atoms with E-state index in [1.165, 1.54) is 13.1 Å². The fraction of sp³-hybridized carbons (Fsp3) is 0.0714. The van der Waals surface area contributed by atoms with Gasteiger partial charge in [0.05, 0.1) is 16.3 Å². The molecule has 21 heavy (non-hydrogen) atoms. The van der Waals surface area contributed by atoms with Gasteiger partial charge < -0.3 is 11.1 Å². The lowest BCUT2D eigenvalue weighted by atomic mass is 9.93. The Kier molecular flexibility index (Phi) is 2.84. The maximum absolute atomic E-state index is 12.2. The van der Waals surface area contributed by atoms with Crippen molar-refractivity contribution in [3.63, 3.8) is 0 Å². The Hall–Kier alpha value is -2.60. The van der Waals surface area contributed by atoms with E-state index in [0.29, 0.717) is 21.9 Å². The number of hydrogen-bond acceptors (Lipinski definition) is 3. The molecule has 2 aromatic carbocycles. The minimum absolute atomic E-state index is 0.185. The smallest absolute Gasteiger partial charge is 0.316 e. The highest BCUT2D eigenvalue weighted by molar-refractivity contribution is 6.38. The lowest BCUT2D eigenvalue weighted by Gasteiger charge is -2.25. The molecule has 4 amide bonds. The number of urea groups is 1. The third kappa shape index (κ3) is 1.84. The molecule has 0 aliphatic carbocycles. The number of amides is 4. The van der Waals surface area contributed by atoms with Crippen molar-refractivity contribution < 1.29 is 14.4 Å². The van der Waals surface area contributed by atoms with Crippen LogP contribution in [-0.4, -0.2) is 29.8 Å². The number of rotatable bonds is 1. The number of hydrogen-bond donors (Lipinski definition) is 2. The summed E-state index contributed by atoms with van der Waals surface area (Å²) in [6, 6.07) is 5.61. The molecule has 0 atom stereocenters. The first-order valence-electron chi connectivity index (χ1n) is 6.06. The predicted molar refractivity (Wildman–Crippen MR) is 78.6 cm³/mol. The van der Waals surface area contributed by atoms with E-state index in [9.17, 15) is 14.4 Å². The van der Waals surface area contributed by atoms with Crippen LogP contribution in [0.5, 0.6) is 0 Å². The second-order valence-corrected chi connectivity index (χ2v) is 5.07. The van der Waals surface area contributed by atoms with Crippen LogP contribution < -0.4 is 11.1 Å². The van der Waals surface area contributed by atoms with Crippen molar-refractivity contribution in [1.29, 1.82) is 0 Å². The number of carbonyl (C=O) groups is 3. The van der Waals surface area contributed by atoms with Crippen molar-refractivity contribution in [2.75, 3.05) is 12.4 Å². The van der Waals surface area contributed by atoms with Gasteiger partial charge in [-0.1, -0.05) is 23.7 Å². The summed E-state index contributed by atoms with van der Waals surface area (Å²) in [5, 5.41) is 3.59. The van der Waals surface area contributed by atoms with E-state index in [1.54, 1.807) is 18.2 Å². The van der Waals surface area contributed by atoms with Gasteiger partial charge in [0.15, 0.2) is 0 Å². The Bertz CT molecular complexity index is 832. The minimum atomic E-state index is -0.775. The molecule has 0 bridgehead atoms. The minimum Gasteiger partial charge on any atom is -0.351 e. The summed E-state index contributed by atoms with van der Waals surface area (Å²) >= 11 is 6.13. The third-order valence-corrected chi connectivity index (χ3v) is 3.73. The molecule has 1 aliphatic heterocycles. The van der Waals surface area contributed by atoms with Crippen LogP contribution in [0.4, 0.5) is 10.5 Å². The van der Waals surface area contributed by atoms with Gasteiger partial charge in [0.25, 0.3) is 11.8 Å². The zero-order chi connectivity index (χ0) is 15.3. The number of halogens is 1. The molecule has 0 saturated carbocycles. The Labute approximate surface area is 124 Å². The van der Waals surface area contributed by atoms with Crippen molar-refractivity contribution in [2.24, 2.45) is 5.73 Å². The van der Waals surface area contributed by atoms with Crippen LogP contribution in [0.3, 0.4) is 0 Å². The molecule has 6 nitrogen and oxygen atoms in total. The molecule has 1 heterocycles. The fourth-order valence-electron chi connectivity index (χ4n) is 2.50. The SMILES string of the molecule is CN1C(=O)c2cccc3c(NC(N)=O)c(Cl)cc(c23)C1=O. The molecule has 7 heteroatoms. The number of nitrogens with two attached hydrogens (primary N) is 1. The first-order chi connectivity index (χ1) is 9.91. The van der Waals surface area contributed by atoms with Crippen molar-refractivity contribution in [1.82, 2.24) is 4.90 Å². The van der Waals surface area contributed by atoms with E-state index in [0.717, 1.165) is 4.90 Å². The van der Waals surface area contributed by atoms with E-state index >= 15 is 0 Å². The summed E-state index contributed by atoms with van der Waals surface area (Å²) in [5.74, 6) is -0.832. The first-order valence-corrected chi connectivity index (χ1v) is 6.43. The van der Waals surface area contributed by atoms with Gasteiger partial charge in [-0.25, -0.2) is 4.79 Å². The highest BCUT2D eigenvalue weighted by Crippen LogP contribution is 2.38. The number of carbonyl (C=O) groups excluding carboxylic acids is 3. The lowest BCUT2D eigenvalue weighted by molar-refractivity contribution is 0.0650. The number of primary amides is 1. The van der Waals surface area contributed by atoms with Crippen LogP contribution >= 0.6 is 11.6 Å². The second-order valence-electron chi connectivity index (χ2n) is 4.67. The van der Waals surface area contributed by atoms with Crippen LogP contribution in [0.25, 0.3) is 10.8 Å². The van der Waals surface area contributed by atoms with Crippen molar-refractivity contribution in [2.45, 2.75) is 0 Å². The second kappa shape index (κ2) is 4.46. The molecule has 3 N–H and O–H groups in total. The Balaban J connectivity index is 2.44. The van der Waals surface area contributed by atoms with Crippen LogP contribution in [0.1, 0.15) is 20.7 Å². The number of imide groups is 1. The van der Waals surface area contributed by atoms with Crippen LogP contribution in [-0.2, 0) is 0 Å². The van der Waals surface area contributed by atoms with Crippen LogP contribution in [0, 0.1) is 0 Å². The number of nitrogens with zero attached hydrogens (tertiary/aromatic N) is 1. The quantitative estimate of drug-likeness (QED) is 0.791. The van der Waals surface area contributed by atoms with Crippen LogP contribution in [0.15, 0.2) is 24.3 Å². The maximum Gasteiger partial charge on any atom is 0.316 e. The molecule has 0 spiro atoms. The van der Waals surface area contributed by atoms with E-state index in [2.05, 4.69) is 5.32 Å². The van der Waals surface area contributed by atoms with E-state index < -0.39 is 17.8 Å². The molecule has 0 saturated heterocycles. The maximum atomic E-state index is 12.2. The van der Waals surface area contributed by atoms with Crippen molar-refractivity contribution >= 4 is 45.9 Å². The van der Waals surface area contributed by atoms with Gasteiger partial charge in [-0.05, 0) is 12.1 Å². The van der Waals surface area contributed by atoms with Crippen LogP contribution in [0.2, 0.25) is 5.02 Å². The topological polar surface area (TPSA) is 92.5 Å². The van der Waals surface area contributed by atoms with Crippen molar-refractivity contribution in [3.8, 4) is 0 Å². The van der Waals surface area contributed by atoms with E-state index in [1.807, 2.05) is 0 Å². The van der Waals surface area contributed by atoms with Gasteiger partial charge >= 0.3 is 6.03 Å². The van der Waals surface area contributed by atoms with Gasteiger partial charge in [-0.2, -0.15) is 0 Å². The number of nitrogens with one attached hydrogen (secondary N) is 1. The molecular formula is C14H10ClN3O3. The molecule has 0 fully saturated rings. The standard InChI is InChI=1S/C14H10ClN3O3/c1-18-12(19)7-4-2-3-6-10(7)8(13(18)20)5-9(15)11(6)17-14(16)21/h2-5H,1H3,(H3,16,17,21). The van der Waals surface area contributed by atoms with E-state index in [-0.39, 0.29) is 10.7 Å². The number of benzene rings is 2. The monoisotopic (exact) mass is 303 g/mol. The first kappa shape index (κ1) is 13.4. The lowest BCUT2D eigenvalue weighted by Crippen LogP contribution is -2.37. The highest BCUT2D eigenvalue weighted by Gasteiger charge is 2.31. The van der Waals surface area contributed by atoms with Gasteiger partial charge in [-0.15, -0.1) is 0 Å². The summed E-state index contributed by atoms with van der Waals surface area (Å²) in [4.78, 5) is 36.6. The fourth-order valence-corrected chi connectivity index (χ4v) is 2.76. The molecule has 1 aliphatic rings. The molecule has 106 valence electrons. The van der Waals surface area contributed by atoms with E-state index in [4.69, 9.17) is 17.3 Å². The summed E-state index contributed by atoms with van der Waals surface area (Å²) in [7, 11) is 1.41. The summed E-state index contributed by atoms with van der Waals surface area (Å²) in [5.41, 5.74) is 6.12. The molecule has 0 radical (unpaired) electrons. The molecule has 2 aromatic rings. The van der Waals surface area contributed by atoms with Gasteiger partial charge in [0.1, 0.15) is 0 Å². The zero-order valence-corrected chi connectivity index (χ0v) is 11.7. The normalized spacial score (nSPS) is 13.7. The summed E-state index contributed by atoms with van der Waals surface area (Å²) < 4.78 is 0. The average Bonchev–Trinajstić information content (AvgIpc) is 2.45. The molecule has 3 rings (SSSR count). The molecule has 0 unspecified atom stereocenters. The summed E-state index contributed by atoms with van der Waals surface area (Å²) in [6.45, 7) is 0. The molecule has 0 aromatic heterocycles. The van der Waals surface area contributed by atoms with Gasteiger partial charge in [0.2, 0.25) is 0 Å². The Morgan fingerprint density at radius 1 is 1.24 bits per heavy atom.